The van der Waals surface area contributed by atoms with E-state index in [-0.39, 0.29) is 5.91 Å². The zero-order chi connectivity index (χ0) is 14.1. The summed E-state index contributed by atoms with van der Waals surface area (Å²) in [5.41, 5.74) is 0. The van der Waals surface area contributed by atoms with Gasteiger partial charge in [-0.1, -0.05) is 6.92 Å². The number of carbonyl (C=O) groups is 1. The fourth-order valence-electron chi connectivity index (χ4n) is 1.48. The number of hydrogen-bond acceptors (Lipinski definition) is 6. The van der Waals surface area contributed by atoms with E-state index in [9.17, 15) is 4.79 Å². The van der Waals surface area contributed by atoms with E-state index in [0.717, 1.165) is 13.0 Å². The van der Waals surface area contributed by atoms with Crippen LogP contribution in [0.3, 0.4) is 0 Å². The molecule has 106 valence electrons. The van der Waals surface area contributed by atoms with E-state index in [1.807, 2.05) is 0 Å². The molecule has 3 N–H and O–H groups in total. The van der Waals surface area contributed by atoms with Crippen molar-refractivity contribution in [3.63, 3.8) is 0 Å². The highest BCUT2D eigenvalue weighted by molar-refractivity contribution is 5.76. The van der Waals surface area contributed by atoms with Crippen LogP contribution in [0.25, 0.3) is 0 Å². The van der Waals surface area contributed by atoms with Gasteiger partial charge >= 0.3 is 0 Å². The van der Waals surface area contributed by atoms with Crippen LogP contribution in [0.2, 0.25) is 0 Å². The van der Waals surface area contributed by atoms with Gasteiger partial charge in [-0.3, -0.25) is 4.79 Å². The molecular weight excluding hydrogens is 246 g/mol. The minimum Gasteiger partial charge on any atom is -0.490 e. The topological polar surface area (TPSA) is 88.2 Å². The molecule has 0 atom stereocenters. The third-order valence-electron chi connectivity index (χ3n) is 2.47. The Hall–Kier alpha value is -2.05. The number of ether oxygens (including phenoxy) is 1. The van der Waals surface area contributed by atoms with E-state index in [1.54, 1.807) is 14.2 Å². The predicted octanol–water partition coefficient (Wildman–Crippen LogP) is 0.855. The number of aromatic nitrogens is 2. The van der Waals surface area contributed by atoms with E-state index in [4.69, 9.17) is 4.74 Å². The first-order chi connectivity index (χ1) is 9.22. The summed E-state index contributed by atoms with van der Waals surface area (Å²) in [6, 6.07) is 0. The maximum absolute atomic E-state index is 11.1. The van der Waals surface area contributed by atoms with E-state index in [1.165, 1.54) is 6.33 Å². The predicted molar refractivity (Wildman–Crippen MR) is 74.5 cm³/mol. The fraction of sp³-hybridized carbons (Fsp3) is 0.583. The van der Waals surface area contributed by atoms with Crippen LogP contribution in [0.15, 0.2) is 6.33 Å². The number of nitrogens with zero attached hydrogens (tertiary/aromatic N) is 2. The first-order valence-electron chi connectivity index (χ1n) is 6.30. The molecule has 0 radical (unpaired) electrons. The number of carbonyl (C=O) groups excluding carboxylic acids is 1. The minimum absolute atomic E-state index is 0.0233. The normalized spacial score (nSPS) is 9.84. The SMILES string of the molecule is CCCNc1ncnc(NCCC(=O)NC)c1OC. The monoisotopic (exact) mass is 267 g/mol. The van der Waals surface area contributed by atoms with Gasteiger partial charge in [0.2, 0.25) is 11.7 Å². The van der Waals surface area contributed by atoms with Crippen molar-refractivity contribution in [1.82, 2.24) is 15.3 Å². The first kappa shape index (κ1) is 15.0. The molecule has 1 aromatic heterocycles. The Morgan fingerprint density at radius 2 is 1.89 bits per heavy atom. The number of anilines is 2. The molecule has 1 amide bonds. The van der Waals surface area contributed by atoms with E-state index >= 15 is 0 Å². The molecule has 0 aromatic carbocycles. The second kappa shape index (κ2) is 8.12. The van der Waals surface area contributed by atoms with Gasteiger partial charge in [0.1, 0.15) is 6.33 Å². The Morgan fingerprint density at radius 3 is 2.42 bits per heavy atom. The summed E-state index contributed by atoms with van der Waals surface area (Å²) in [6.07, 6.45) is 2.83. The third-order valence-corrected chi connectivity index (χ3v) is 2.47. The summed E-state index contributed by atoms with van der Waals surface area (Å²) >= 11 is 0. The molecule has 0 saturated heterocycles. The van der Waals surface area contributed by atoms with Gasteiger partial charge in [0.05, 0.1) is 7.11 Å². The quantitative estimate of drug-likeness (QED) is 0.647. The zero-order valence-electron chi connectivity index (χ0n) is 11.6. The standard InChI is InChI=1S/C12H21N5O2/c1-4-6-14-11-10(19-3)12(17-8-16-11)15-7-5-9(18)13-2/h8H,4-7H2,1-3H3,(H,13,18)(H2,14,15,16,17). The molecule has 1 aromatic rings. The largest absolute Gasteiger partial charge is 0.490 e. The lowest BCUT2D eigenvalue weighted by Gasteiger charge is -2.13. The van der Waals surface area contributed by atoms with Gasteiger partial charge in [0, 0.05) is 26.6 Å². The molecule has 0 fully saturated rings. The lowest BCUT2D eigenvalue weighted by atomic mass is 10.3. The Kier molecular flexibility index (Phi) is 6.42. The van der Waals surface area contributed by atoms with Gasteiger partial charge in [0.15, 0.2) is 11.6 Å². The van der Waals surface area contributed by atoms with Gasteiger partial charge in [0.25, 0.3) is 0 Å². The highest BCUT2D eigenvalue weighted by atomic mass is 16.5. The number of nitrogens with one attached hydrogen (secondary N) is 3. The van der Waals surface area contributed by atoms with Crippen LogP contribution < -0.4 is 20.7 Å². The van der Waals surface area contributed by atoms with Crippen molar-refractivity contribution in [2.45, 2.75) is 19.8 Å². The van der Waals surface area contributed by atoms with Crippen LogP contribution in [-0.4, -0.2) is 43.1 Å². The van der Waals surface area contributed by atoms with Crippen molar-refractivity contribution >= 4 is 17.5 Å². The minimum atomic E-state index is -0.0233. The number of hydrogen-bond donors (Lipinski definition) is 3. The van der Waals surface area contributed by atoms with Gasteiger partial charge in [-0.25, -0.2) is 9.97 Å². The van der Waals surface area contributed by atoms with Crippen LogP contribution in [0.4, 0.5) is 11.6 Å². The molecule has 1 heterocycles. The number of rotatable bonds is 8. The van der Waals surface area contributed by atoms with Crippen LogP contribution in [0.5, 0.6) is 5.75 Å². The van der Waals surface area contributed by atoms with Gasteiger partial charge in [-0.2, -0.15) is 0 Å². The molecule has 19 heavy (non-hydrogen) atoms. The first-order valence-corrected chi connectivity index (χ1v) is 6.30. The summed E-state index contributed by atoms with van der Waals surface area (Å²) in [6.45, 7) is 3.37. The second-order valence-electron chi connectivity index (χ2n) is 3.88. The average Bonchev–Trinajstić information content (AvgIpc) is 2.44. The van der Waals surface area contributed by atoms with Crippen LogP contribution >= 0.6 is 0 Å². The molecule has 0 spiro atoms. The summed E-state index contributed by atoms with van der Waals surface area (Å²) in [7, 11) is 3.18. The number of amides is 1. The summed E-state index contributed by atoms with van der Waals surface area (Å²) in [4.78, 5) is 19.4. The Morgan fingerprint density at radius 1 is 1.26 bits per heavy atom. The van der Waals surface area contributed by atoms with Gasteiger partial charge in [-0.05, 0) is 6.42 Å². The van der Waals surface area contributed by atoms with Gasteiger partial charge in [-0.15, -0.1) is 0 Å². The molecule has 0 unspecified atom stereocenters. The summed E-state index contributed by atoms with van der Waals surface area (Å²) < 4.78 is 5.31. The van der Waals surface area contributed by atoms with Crippen molar-refractivity contribution in [3.05, 3.63) is 6.33 Å². The Bertz CT molecular complexity index is 411. The average molecular weight is 267 g/mol. The van der Waals surface area contributed by atoms with Crippen LogP contribution in [-0.2, 0) is 4.79 Å². The van der Waals surface area contributed by atoms with Gasteiger partial charge < -0.3 is 20.7 Å². The molecule has 0 bridgehead atoms. The lowest BCUT2D eigenvalue weighted by molar-refractivity contribution is -0.120. The van der Waals surface area contributed by atoms with Crippen molar-refractivity contribution in [2.75, 3.05) is 37.9 Å². The fourth-order valence-corrected chi connectivity index (χ4v) is 1.48. The summed E-state index contributed by atoms with van der Waals surface area (Å²) in [5.74, 6) is 1.78. The smallest absolute Gasteiger partial charge is 0.221 e. The van der Waals surface area contributed by atoms with Crippen LogP contribution in [0.1, 0.15) is 19.8 Å². The molecule has 7 heteroatoms. The zero-order valence-corrected chi connectivity index (χ0v) is 11.6. The molecule has 0 aliphatic carbocycles. The van der Waals surface area contributed by atoms with Crippen molar-refractivity contribution < 1.29 is 9.53 Å². The molecule has 0 aliphatic heterocycles. The van der Waals surface area contributed by atoms with Crippen molar-refractivity contribution in [2.24, 2.45) is 0 Å². The van der Waals surface area contributed by atoms with E-state index in [2.05, 4.69) is 32.8 Å². The molecular formula is C12H21N5O2. The maximum Gasteiger partial charge on any atom is 0.221 e. The molecule has 0 saturated carbocycles. The van der Waals surface area contributed by atoms with Crippen molar-refractivity contribution in [1.29, 1.82) is 0 Å². The van der Waals surface area contributed by atoms with Crippen molar-refractivity contribution in [3.8, 4) is 5.75 Å². The number of methoxy groups -OCH3 is 1. The van der Waals surface area contributed by atoms with E-state index in [0.29, 0.717) is 30.4 Å². The second-order valence-corrected chi connectivity index (χ2v) is 3.88. The maximum atomic E-state index is 11.1. The Labute approximate surface area is 113 Å². The molecule has 7 nitrogen and oxygen atoms in total. The third kappa shape index (κ3) is 4.61. The summed E-state index contributed by atoms with van der Waals surface area (Å²) in [5, 5.41) is 8.80. The molecule has 0 aliphatic rings. The lowest BCUT2D eigenvalue weighted by Crippen LogP contribution is -2.21. The highest BCUT2D eigenvalue weighted by Crippen LogP contribution is 2.28. The van der Waals surface area contributed by atoms with Crippen LogP contribution in [0, 0.1) is 0 Å². The highest BCUT2D eigenvalue weighted by Gasteiger charge is 2.11. The van der Waals surface area contributed by atoms with E-state index < -0.39 is 0 Å². The Balaban J connectivity index is 2.68. The molecule has 1 rings (SSSR count).